The number of hydrogen-bond acceptors (Lipinski definition) is 4. The van der Waals surface area contributed by atoms with Crippen molar-refractivity contribution in [1.82, 2.24) is 15.1 Å². The fourth-order valence-corrected chi connectivity index (χ4v) is 1.90. The van der Waals surface area contributed by atoms with E-state index in [2.05, 4.69) is 5.32 Å². The number of nitrogens with one attached hydrogen (secondary N) is 1. The van der Waals surface area contributed by atoms with E-state index in [9.17, 15) is 19.2 Å². The van der Waals surface area contributed by atoms with E-state index < -0.39 is 36.4 Å². The minimum absolute atomic E-state index is 0.0690. The highest BCUT2D eigenvalue weighted by Crippen LogP contribution is 2.08. The predicted octanol–water partition coefficient (Wildman–Crippen LogP) is -0.504. The fraction of sp³-hybridized carbons (Fsp3) is 0.667. The molecule has 0 spiro atoms. The van der Waals surface area contributed by atoms with Crippen LogP contribution < -0.4 is 5.32 Å². The van der Waals surface area contributed by atoms with Crippen LogP contribution in [0.15, 0.2) is 0 Å². The van der Waals surface area contributed by atoms with Crippen LogP contribution in [0.25, 0.3) is 0 Å². The van der Waals surface area contributed by atoms with Gasteiger partial charge in [0.25, 0.3) is 5.91 Å². The first kappa shape index (κ1) is 15.9. The first-order chi connectivity index (χ1) is 9.22. The number of rotatable bonds is 6. The van der Waals surface area contributed by atoms with Crippen molar-refractivity contribution in [3.05, 3.63) is 0 Å². The molecule has 0 aromatic rings. The molecular weight excluding hydrogens is 266 g/mol. The van der Waals surface area contributed by atoms with Crippen molar-refractivity contribution in [2.45, 2.75) is 26.3 Å². The monoisotopic (exact) mass is 285 g/mol. The van der Waals surface area contributed by atoms with Gasteiger partial charge in [-0.3, -0.25) is 14.5 Å². The fourth-order valence-electron chi connectivity index (χ4n) is 1.90. The molecule has 0 unspecified atom stereocenters. The molecule has 1 heterocycles. The molecule has 1 fully saturated rings. The molecule has 112 valence electrons. The second kappa shape index (κ2) is 6.36. The summed E-state index contributed by atoms with van der Waals surface area (Å²) in [5.41, 5.74) is 0. The van der Waals surface area contributed by atoms with E-state index in [0.717, 1.165) is 4.90 Å². The molecule has 0 radical (unpaired) electrons. The van der Waals surface area contributed by atoms with Gasteiger partial charge in [-0.25, -0.2) is 9.59 Å². The van der Waals surface area contributed by atoms with Gasteiger partial charge in [0, 0.05) is 7.05 Å². The molecule has 1 aliphatic heterocycles. The number of carbonyl (C=O) groups is 4. The summed E-state index contributed by atoms with van der Waals surface area (Å²) in [5.74, 6) is -2.17. The van der Waals surface area contributed by atoms with Crippen molar-refractivity contribution >= 4 is 23.8 Å². The van der Waals surface area contributed by atoms with Gasteiger partial charge >= 0.3 is 12.0 Å². The number of nitrogens with zero attached hydrogens (tertiary/aromatic N) is 2. The average molecular weight is 285 g/mol. The summed E-state index contributed by atoms with van der Waals surface area (Å²) in [6.45, 7) is 3.15. The molecule has 1 atom stereocenters. The summed E-state index contributed by atoms with van der Waals surface area (Å²) < 4.78 is 0. The van der Waals surface area contributed by atoms with E-state index in [4.69, 9.17) is 5.11 Å². The maximum atomic E-state index is 11.8. The summed E-state index contributed by atoms with van der Waals surface area (Å²) >= 11 is 0. The zero-order chi connectivity index (χ0) is 15.4. The smallest absolute Gasteiger partial charge is 0.327 e. The van der Waals surface area contributed by atoms with Gasteiger partial charge in [-0.15, -0.1) is 0 Å². The Morgan fingerprint density at radius 2 is 1.95 bits per heavy atom. The predicted molar refractivity (Wildman–Crippen MR) is 68.8 cm³/mol. The molecule has 0 aliphatic carbocycles. The van der Waals surface area contributed by atoms with E-state index in [0.29, 0.717) is 0 Å². The summed E-state index contributed by atoms with van der Waals surface area (Å²) in [6, 6.07) is -1.58. The lowest BCUT2D eigenvalue weighted by Gasteiger charge is -2.18. The van der Waals surface area contributed by atoms with Crippen LogP contribution in [0.2, 0.25) is 0 Å². The molecule has 4 amide bonds. The van der Waals surface area contributed by atoms with Gasteiger partial charge < -0.3 is 15.3 Å². The SMILES string of the molecule is CC(C)C[C@@H](NC(=O)CN1C(=O)CN(C)C1=O)C(=O)O. The zero-order valence-corrected chi connectivity index (χ0v) is 11.8. The maximum absolute atomic E-state index is 11.8. The van der Waals surface area contributed by atoms with Crippen molar-refractivity contribution in [2.75, 3.05) is 20.1 Å². The normalized spacial score (nSPS) is 16.8. The van der Waals surface area contributed by atoms with Crippen molar-refractivity contribution in [3.63, 3.8) is 0 Å². The molecule has 0 aromatic heterocycles. The van der Waals surface area contributed by atoms with Gasteiger partial charge in [0.1, 0.15) is 19.1 Å². The highest BCUT2D eigenvalue weighted by atomic mass is 16.4. The van der Waals surface area contributed by atoms with Crippen LogP contribution in [0, 0.1) is 5.92 Å². The van der Waals surface area contributed by atoms with Crippen LogP contribution in [-0.2, 0) is 14.4 Å². The Bertz CT molecular complexity index is 435. The highest BCUT2D eigenvalue weighted by Gasteiger charge is 2.35. The van der Waals surface area contributed by atoms with Gasteiger partial charge in [-0.05, 0) is 12.3 Å². The molecule has 2 N–H and O–H groups in total. The lowest BCUT2D eigenvalue weighted by molar-refractivity contribution is -0.142. The third kappa shape index (κ3) is 3.94. The number of carboxylic acid groups (broad SMARTS) is 1. The molecule has 8 nitrogen and oxygen atoms in total. The molecule has 1 rings (SSSR count). The Morgan fingerprint density at radius 1 is 1.35 bits per heavy atom. The largest absolute Gasteiger partial charge is 0.480 e. The van der Waals surface area contributed by atoms with Crippen molar-refractivity contribution < 1.29 is 24.3 Å². The Labute approximate surface area is 116 Å². The average Bonchev–Trinajstić information content (AvgIpc) is 2.54. The van der Waals surface area contributed by atoms with Gasteiger partial charge in [-0.2, -0.15) is 0 Å². The summed E-state index contributed by atoms with van der Waals surface area (Å²) in [5, 5.41) is 11.3. The lowest BCUT2D eigenvalue weighted by atomic mass is 10.0. The van der Waals surface area contributed by atoms with Crippen molar-refractivity contribution in [3.8, 4) is 0 Å². The van der Waals surface area contributed by atoms with Crippen LogP contribution in [0.1, 0.15) is 20.3 Å². The minimum Gasteiger partial charge on any atom is -0.480 e. The van der Waals surface area contributed by atoms with Gasteiger partial charge in [-0.1, -0.05) is 13.8 Å². The highest BCUT2D eigenvalue weighted by molar-refractivity contribution is 6.04. The third-order valence-electron chi connectivity index (χ3n) is 2.87. The van der Waals surface area contributed by atoms with Crippen molar-refractivity contribution in [1.29, 1.82) is 0 Å². The number of carboxylic acids is 1. The summed E-state index contributed by atoms with van der Waals surface area (Å²) in [4.78, 5) is 47.9. The molecule has 20 heavy (non-hydrogen) atoms. The Hall–Kier alpha value is -2.12. The number of aliphatic carboxylic acids is 1. The molecule has 0 saturated carbocycles. The number of hydrogen-bond donors (Lipinski definition) is 2. The minimum atomic E-state index is -1.14. The second-order valence-electron chi connectivity index (χ2n) is 5.21. The molecule has 1 aliphatic rings. The quantitative estimate of drug-likeness (QED) is 0.639. The Morgan fingerprint density at radius 3 is 2.35 bits per heavy atom. The topological polar surface area (TPSA) is 107 Å². The molecule has 8 heteroatoms. The van der Waals surface area contributed by atoms with Gasteiger partial charge in [0.05, 0.1) is 0 Å². The molecule has 0 bridgehead atoms. The van der Waals surface area contributed by atoms with Crippen LogP contribution in [0.3, 0.4) is 0 Å². The van der Waals surface area contributed by atoms with Crippen LogP contribution in [0.4, 0.5) is 4.79 Å². The van der Waals surface area contributed by atoms with E-state index in [1.807, 2.05) is 13.8 Å². The first-order valence-corrected chi connectivity index (χ1v) is 6.30. The first-order valence-electron chi connectivity index (χ1n) is 6.30. The number of urea groups is 1. The van der Waals surface area contributed by atoms with Crippen LogP contribution in [-0.4, -0.2) is 64.9 Å². The number of likely N-dealkylation sites (N-methyl/N-ethyl adjacent to an activating group) is 1. The Balaban J connectivity index is 2.60. The number of amides is 4. The van der Waals surface area contributed by atoms with Crippen molar-refractivity contribution in [2.24, 2.45) is 5.92 Å². The van der Waals surface area contributed by atoms with E-state index in [1.165, 1.54) is 11.9 Å². The van der Waals surface area contributed by atoms with E-state index in [-0.39, 0.29) is 18.9 Å². The molecular formula is C12H19N3O5. The zero-order valence-electron chi connectivity index (χ0n) is 11.8. The number of carbonyl (C=O) groups excluding carboxylic acids is 3. The van der Waals surface area contributed by atoms with Crippen LogP contribution in [0.5, 0.6) is 0 Å². The van der Waals surface area contributed by atoms with E-state index >= 15 is 0 Å². The Kier molecular flexibility index (Phi) is 5.06. The number of imide groups is 1. The van der Waals surface area contributed by atoms with Gasteiger partial charge in [0.2, 0.25) is 5.91 Å². The summed E-state index contributed by atoms with van der Waals surface area (Å²) in [6.07, 6.45) is 0.281. The second-order valence-corrected chi connectivity index (χ2v) is 5.21. The third-order valence-corrected chi connectivity index (χ3v) is 2.87. The van der Waals surface area contributed by atoms with Gasteiger partial charge in [0.15, 0.2) is 0 Å². The lowest BCUT2D eigenvalue weighted by Crippen LogP contribution is -2.47. The molecule has 0 aromatic carbocycles. The molecule has 1 saturated heterocycles. The van der Waals surface area contributed by atoms with Crippen LogP contribution >= 0.6 is 0 Å². The maximum Gasteiger partial charge on any atom is 0.327 e. The van der Waals surface area contributed by atoms with E-state index in [1.54, 1.807) is 0 Å². The standard InChI is InChI=1S/C12H19N3O5/c1-7(2)4-8(11(18)19)13-9(16)5-15-10(17)6-14(3)12(15)20/h7-8H,4-6H2,1-3H3,(H,13,16)(H,18,19)/t8-/m1/s1. The summed E-state index contributed by atoms with van der Waals surface area (Å²) in [7, 11) is 1.46.